The number of hydrogen-bond acceptors (Lipinski definition) is 15. The standard InChI is InChI=1S/C69H134O17P2/c1-5-9-13-17-21-25-27-28-29-30-31-32-33-34-35-36-37-40-44-48-52-56-69(74)86-65(60-80-67(72)54-50-46-42-39-26-22-18-14-10-6-2)62-84-88(77,78)82-58-63(70)57-81-87(75,76)83-61-64(59-79-66(71)53-49-45-41-24-20-16-12-8-4)85-68(73)55-51-47-43-38-23-19-15-11-7-3/h63-65,70H,5-62H2,1-4H3,(H,75,76)(H,77,78)/t63-,64+,65+/m0/s1. The number of phosphoric acid groups is 2. The van der Waals surface area contributed by atoms with Crippen LogP contribution in [0.15, 0.2) is 0 Å². The fraction of sp³-hybridized carbons (Fsp3) is 0.942. The highest BCUT2D eigenvalue weighted by Crippen LogP contribution is 2.45. The minimum atomic E-state index is -4.95. The molecule has 0 radical (unpaired) electrons. The lowest BCUT2D eigenvalue weighted by Gasteiger charge is -2.21. The average Bonchev–Trinajstić information content (AvgIpc) is 3.54. The molecule has 0 bridgehead atoms. The van der Waals surface area contributed by atoms with Gasteiger partial charge in [-0.25, -0.2) is 9.13 Å². The highest BCUT2D eigenvalue weighted by molar-refractivity contribution is 7.47. The molecule has 5 atom stereocenters. The number of carbonyl (C=O) groups is 4. The molecule has 0 saturated carbocycles. The summed E-state index contributed by atoms with van der Waals surface area (Å²) >= 11 is 0. The number of phosphoric ester groups is 2. The molecule has 88 heavy (non-hydrogen) atoms. The van der Waals surface area contributed by atoms with Crippen molar-refractivity contribution in [2.45, 2.75) is 380 Å². The minimum Gasteiger partial charge on any atom is -0.462 e. The molecule has 0 aliphatic heterocycles. The number of aliphatic hydroxyl groups is 1. The summed E-state index contributed by atoms with van der Waals surface area (Å²) in [6.07, 6.45) is 51.6. The molecule has 19 heteroatoms. The second kappa shape index (κ2) is 63.8. The van der Waals surface area contributed by atoms with Crippen molar-refractivity contribution in [2.24, 2.45) is 0 Å². The molecule has 522 valence electrons. The van der Waals surface area contributed by atoms with E-state index in [-0.39, 0.29) is 25.7 Å². The van der Waals surface area contributed by atoms with Crippen LogP contribution in [0.2, 0.25) is 0 Å². The second-order valence-corrected chi connectivity index (χ2v) is 27.8. The third kappa shape index (κ3) is 62.8. The molecular weight excluding hydrogens is 1160 g/mol. The van der Waals surface area contributed by atoms with Gasteiger partial charge in [0.1, 0.15) is 19.3 Å². The largest absolute Gasteiger partial charge is 0.472 e. The highest BCUT2D eigenvalue weighted by atomic mass is 31.2. The minimum absolute atomic E-state index is 0.106. The lowest BCUT2D eigenvalue weighted by atomic mass is 10.0. The summed E-state index contributed by atoms with van der Waals surface area (Å²) in [5.74, 6) is -2.13. The van der Waals surface area contributed by atoms with Crippen LogP contribution in [0.1, 0.15) is 362 Å². The van der Waals surface area contributed by atoms with Crippen LogP contribution in [0.25, 0.3) is 0 Å². The second-order valence-electron chi connectivity index (χ2n) is 24.9. The predicted molar refractivity (Wildman–Crippen MR) is 354 cm³/mol. The van der Waals surface area contributed by atoms with E-state index >= 15 is 0 Å². The van der Waals surface area contributed by atoms with Gasteiger partial charge in [0.25, 0.3) is 0 Å². The van der Waals surface area contributed by atoms with Gasteiger partial charge in [0, 0.05) is 25.7 Å². The van der Waals surface area contributed by atoms with E-state index in [1.54, 1.807) is 0 Å². The van der Waals surface area contributed by atoms with Crippen LogP contribution in [0.5, 0.6) is 0 Å². The van der Waals surface area contributed by atoms with Crippen LogP contribution in [0.4, 0.5) is 0 Å². The molecule has 0 aliphatic carbocycles. The summed E-state index contributed by atoms with van der Waals surface area (Å²) in [4.78, 5) is 72.2. The van der Waals surface area contributed by atoms with Crippen LogP contribution >= 0.6 is 15.6 Å². The average molecular weight is 1300 g/mol. The number of ether oxygens (including phenoxy) is 4. The van der Waals surface area contributed by atoms with Gasteiger partial charge in [0.2, 0.25) is 0 Å². The molecule has 0 aromatic carbocycles. The number of unbranched alkanes of at least 4 members (excludes halogenated alkanes) is 44. The summed E-state index contributed by atoms with van der Waals surface area (Å²) in [6, 6.07) is 0. The van der Waals surface area contributed by atoms with Gasteiger partial charge in [-0.1, -0.05) is 310 Å². The third-order valence-corrected chi connectivity index (χ3v) is 18.0. The van der Waals surface area contributed by atoms with Crippen molar-refractivity contribution in [3.05, 3.63) is 0 Å². The molecule has 0 heterocycles. The van der Waals surface area contributed by atoms with Crippen molar-refractivity contribution in [2.75, 3.05) is 39.6 Å². The van der Waals surface area contributed by atoms with Gasteiger partial charge in [-0.15, -0.1) is 0 Å². The van der Waals surface area contributed by atoms with Gasteiger partial charge >= 0.3 is 39.5 Å². The van der Waals surface area contributed by atoms with E-state index in [1.165, 1.54) is 186 Å². The Bertz CT molecular complexity index is 1690. The first-order valence-corrected chi connectivity index (χ1v) is 39.3. The zero-order valence-corrected chi connectivity index (χ0v) is 58.5. The molecule has 17 nitrogen and oxygen atoms in total. The summed E-state index contributed by atoms with van der Waals surface area (Å²) in [5, 5.41) is 10.5. The molecule has 0 fully saturated rings. The van der Waals surface area contributed by atoms with Gasteiger partial charge in [0.05, 0.1) is 26.4 Å². The quantitative estimate of drug-likeness (QED) is 0.0222. The Morgan fingerprint density at radius 1 is 0.273 bits per heavy atom. The fourth-order valence-corrected chi connectivity index (χ4v) is 12.1. The fourth-order valence-electron chi connectivity index (χ4n) is 10.5. The van der Waals surface area contributed by atoms with Crippen LogP contribution < -0.4 is 0 Å². The van der Waals surface area contributed by atoms with Crippen LogP contribution in [0, 0.1) is 0 Å². The third-order valence-electron chi connectivity index (χ3n) is 16.1. The Labute approximate surface area is 537 Å². The maximum Gasteiger partial charge on any atom is 0.472 e. The van der Waals surface area contributed by atoms with Crippen molar-refractivity contribution in [3.63, 3.8) is 0 Å². The molecule has 0 aliphatic rings. The van der Waals surface area contributed by atoms with Crippen LogP contribution in [0.3, 0.4) is 0 Å². The normalized spacial score (nSPS) is 14.0. The molecule has 0 aromatic rings. The van der Waals surface area contributed by atoms with Crippen molar-refractivity contribution in [3.8, 4) is 0 Å². The zero-order chi connectivity index (χ0) is 64.7. The summed E-state index contributed by atoms with van der Waals surface area (Å²) < 4.78 is 68.1. The van der Waals surface area contributed by atoms with Crippen molar-refractivity contribution >= 4 is 39.5 Å². The van der Waals surface area contributed by atoms with Gasteiger partial charge < -0.3 is 33.8 Å². The van der Waals surface area contributed by atoms with E-state index in [4.69, 9.17) is 37.0 Å². The molecular formula is C69H134O17P2. The van der Waals surface area contributed by atoms with Crippen LogP contribution in [-0.2, 0) is 65.4 Å². The zero-order valence-electron chi connectivity index (χ0n) is 56.7. The van der Waals surface area contributed by atoms with Gasteiger partial charge in [-0.05, 0) is 25.7 Å². The van der Waals surface area contributed by atoms with E-state index in [1.807, 2.05) is 0 Å². The molecule has 3 N–H and O–H groups in total. The van der Waals surface area contributed by atoms with Gasteiger partial charge in [-0.2, -0.15) is 0 Å². The number of rotatable bonds is 70. The topological polar surface area (TPSA) is 237 Å². The number of aliphatic hydroxyl groups excluding tert-OH is 1. The Hall–Kier alpha value is -1.94. The molecule has 0 amide bonds. The Kier molecular flexibility index (Phi) is 62.4. The van der Waals surface area contributed by atoms with E-state index in [9.17, 15) is 43.2 Å². The Morgan fingerprint density at radius 2 is 0.455 bits per heavy atom. The molecule has 0 saturated heterocycles. The maximum atomic E-state index is 13.0. The monoisotopic (exact) mass is 1300 g/mol. The number of hydrogen-bond donors (Lipinski definition) is 3. The van der Waals surface area contributed by atoms with E-state index < -0.39 is 97.5 Å². The number of carbonyl (C=O) groups excluding carboxylic acids is 4. The predicted octanol–water partition coefficient (Wildman–Crippen LogP) is 19.9. The first-order valence-electron chi connectivity index (χ1n) is 36.3. The Balaban J connectivity index is 5.11. The molecule has 0 rings (SSSR count). The van der Waals surface area contributed by atoms with Gasteiger partial charge in [-0.3, -0.25) is 37.3 Å². The first-order chi connectivity index (χ1) is 42.7. The lowest BCUT2D eigenvalue weighted by molar-refractivity contribution is -0.161. The van der Waals surface area contributed by atoms with Crippen LogP contribution in [-0.4, -0.2) is 96.7 Å². The first kappa shape index (κ1) is 86.1. The SMILES string of the molecule is CCCCCCCCCCCCCCCCCCCCCCCC(=O)O[C@H](COC(=O)CCCCCCCCCCCC)COP(=O)(O)OC[C@@H](O)COP(=O)(O)OC[C@@H](COC(=O)CCCCCCCCCC)OC(=O)CCCCCCCCCCC. The molecule has 2 unspecified atom stereocenters. The van der Waals surface area contributed by atoms with Crippen molar-refractivity contribution < 1.29 is 80.2 Å². The van der Waals surface area contributed by atoms with E-state index in [0.29, 0.717) is 25.7 Å². The molecule has 0 spiro atoms. The van der Waals surface area contributed by atoms with E-state index in [2.05, 4.69) is 27.7 Å². The molecule has 0 aromatic heterocycles. The van der Waals surface area contributed by atoms with E-state index in [0.717, 1.165) is 96.3 Å². The highest BCUT2D eigenvalue weighted by Gasteiger charge is 2.30. The van der Waals surface area contributed by atoms with Crippen molar-refractivity contribution in [1.82, 2.24) is 0 Å². The van der Waals surface area contributed by atoms with Crippen molar-refractivity contribution in [1.29, 1.82) is 0 Å². The summed E-state index contributed by atoms with van der Waals surface area (Å²) in [7, 11) is -9.89. The lowest BCUT2D eigenvalue weighted by Crippen LogP contribution is -2.30. The summed E-state index contributed by atoms with van der Waals surface area (Å²) in [5.41, 5.74) is 0. The maximum absolute atomic E-state index is 13.0. The number of esters is 4. The summed E-state index contributed by atoms with van der Waals surface area (Å²) in [6.45, 7) is 4.88. The Morgan fingerprint density at radius 3 is 0.670 bits per heavy atom. The smallest absolute Gasteiger partial charge is 0.462 e. The van der Waals surface area contributed by atoms with Gasteiger partial charge in [0.15, 0.2) is 12.2 Å².